The van der Waals surface area contributed by atoms with Crippen LogP contribution < -0.4 is 0 Å². The Labute approximate surface area is 113 Å². The molecule has 19 heavy (non-hydrogen) atoms. The van der Waals surface area contributed by atoms with Gasteiger partial charge < -0.3 is 9.47 Å². The Kier molecular flexibility index (Phi) is 3.11. The van der Waals surface area contributed by atoms with E-state index in [-0.39, 0.29) is 0 Å². The molecule has 0 aromatic carbocycles. The predicted octanol–water partition coefficient (Wildman–Crippen LogP) is 3.45. The third-order valence-corrected chi connectivity index (χ3v) is 3.53. The van der Waals surface area contributed by atoms with Crippen LogP contribution in [-0.2, 0) is 15.9 Å². The topological polar surface area (TPSA) is 31.4 Å². The zero-order valence-electron chi connectivity index (χ0n) is 11.2. The van der Waals surface area contributed by atoms with Crippen LogP contribution in [0.15, 0.2) is 48.1 Å². The monoisotopic (exact) mass is 255 g/mol. The molecule has 0 amide bonds. The molecule has 3 nitrogen and oxygen atoms in total. The van der Waals surface area contributed by atoms with Crippen molar-refractivity contribution in [1.29, 1.82) is 0 Å². The van der Waals surface area contributed by atoms with Crippen molar-refractivity contribution in [2.75, 3.05) is 7.11 Å². The van der Waals surface area contributed by atoms with Gasteiger partial charge in [0.25, 0.3) is 0 Å². The number of ether oxygens (including phenoxy) is 2. The normalized spacial score (nSPS) is 20.9. The lowest BCUT2D eigenvalue weighted by molar-refractivity contribution is 0.288. The van der Waals surface area contributed by atoms with Gasteiger partial charge in [-0.2, -0.15) is 0 Å². The third-order valence-electron chi connectivity index (χ3n) is 3.53. The van der Waals surface area contributed by atoms with Gasteiger partial charge in [0.15, 0.2) is 0 Å². The number of hydrogen-bond acceptors (Lipinski definition) is 3. The summed E-state index contributed by atoms with van der Waals surface area (Å²) >= 11 is 0. The smallest absolute Gasteiger partial charge is 0.132 e. The zero-order chi connectivity index (χ0) is 13.2. The Morgan fingerprint density at radius 2 is 2.37 bits per heavy atom. The molecule has 98 valence electrons. The van der Waals surface area contributed by atoms with E-state index in [2.05, 4.69) is 30.1 Å². The summed E-state index contributed by atoms with van der Waals surface area (Å²) < 4.78 is 11.2. The van der Waals surface area contributed by atoms with Crippen LogP contribution in [0.1, 0.15) is 24.6 Å². The second-order valence-electron chi connectivity index (χ2n) is 4.68. The first-order chi connectivity index (χ1) is 9.31. The first kappa shape index (κ1) is 12.0. The molecule has 1 aliphatic carbocycles. The van der Waals surface area contributed by atoms with E-state index in [1.807, 2.05) is 18.3 Å². The molecule has 0 saturated heterocycles. The molecule has 1 aromatic heterocycles. The van der Waals surface area contributed by atoms with Crippen molar-refractivity contribution >= 4 is 5.76 Å². The highest BCUT2D eigenvalue weighted by Gasteiger charge is 2.27. The molecule has 1 aromatic rings. The maximum Gasteiger partial charge on any atom is 0.132 e. The minimum absolute atomic E-state index is 0.332. The fraction of sp³-hybridized carbons (Fsp3) is 0.312. The SMILES string of the molecule is CCc1ncccc1C1=CC2CC=C(OC)C=C2O1. The molecule has 3 rings (SSSR count). The number of fused-ring (bicyclic) bond motifs is 1. The predicted molar refractivity (Wildman–Crippen MR) is 74.0 cm³/mol. The summed E-state index contributed by atoms with van der Waals surface area (Å²) in [7, 11) is 1.68. The number of aryl methyl sites for hydroxylation is 1. The van der Waals surface area contributed by atoms with Gasteiger partial charge in [0.05, 0.1) is 12.8 Å². The highest BCUT2D eigenvalue weighted by atomic mass is 16.5. The van der Waals surface area contributed by atoms with E-state index in [9.17, 15) is 0 Å². The lowest BCUT2D eigenvalue weighted by atomic mass is 9.98. The summed E-state index contributed by atoms with van der Waals surface area (Å²) in [5.41, 5.74) is 2.17. The largest absolute Gasteiger partial charge is 0.497 e. The number of rotatable bonds is 3. The minimum Gasteiger partial charge on any atom is -0.497 e. The Balaban J connectivity index is 1.90. The van der Waals surface area contributed by atoms with Crippen molar-refractivity contribution in [3.05, 3.63) is 59.3 Å². The number of hydrogen-bond donors (Lipinski definition) is 0. The number of methoxy groups -OCH3 is 1. The second-order valence-corrected chi connectivity index (χ2v) is 4.68. The standard InChI is InChI=1S/C16H17NO2/c1-3-14-13(5-4-8-17-14)16-9-11-6-7-12(18-2)10-15(11)19-16/h4-5,7-11H,3,6H2,1-2H3. The van der Waals surface area contributed by atoms with Crippen LogP contribution in [0.3, 0.4) is 0 Å². The lowest BCUT2D eigenvalue weighted by Crippen LogP contribution is -2.03. The van der Waals surface area contributed by atoms with Gasteiger partial charge in [0.1, 0.15) is 17.3 Å². The van der Waals surface area contributed by atoms with E-state index >= 15 is 0 Å². The van der Waals surface area contributed by atoms with E-state index < -0.39 is 0 Å². The summed E-state index contributed by atoms with van der Waals surface area (Å²) in [5, 5.41) is 0. The summed E-state index contributed by atoms with van der Waals surface area (Å²) in [4.78, 5) is 4.41. The van der Waals surface area contributed by atoms with Crippen LogP contribution in [0.5, 0.6) is 0 Å². The molecule has 0 spiro atoms. The van der Waals surface area contributed by atoms with Gasteiger partial charge in [0, 0.05) is 23.8 Å². The number of aromatic nitrogens is 1. The maximum atomic E-state index is 5.99. The molecule has 2 heterocycles. The Morgan fingerprint density at radius 1 is 1.47 bits per heavy atom. The van der Waals surface area contributed by atoms with Crippen LogP contribution >= 0.6 is 0 Å². The van der Waals surface area contributed by atoms with Crippen LogP contribution in [0.2, 0.25) is 0 Å². The summed E-state index contributed by atoms with van der Waals surface area (Å²) in [6, 6.07) is 4.02. The summed E-state index contributed by atoms with van der Waals surface area (Å²) in [5.74, 6) is 3.11. The minimum atomic E-state index is 0.332. The van der Waals surface area contributed by atoms with E-state index in [0.717, 1.165) is 41.4 Å². The average molecular weight is 255 g/mol. The highest BCUT2D eigenvalue weighted by Crippen LogP contribution is 2.38. The second kappa shape index (κ2) is 4.92. The third kappa shape index (κ3) is 2.16. The van der Waals surface area contributed by atoms with Gasteiger partial charge >= 0.3 is 0 Å². The van der Waals surface area contributed by atoms with Crippen molar-refractivity contribution in [3.63, 3.8) is 0 Å². The Bertz CT molecular complexity index is 584. The first-order valence-corrected chi connectivity index (χ1v) is 6.61. The van der Waals surface area contributed by atoms with Gasteiger partial charge in [-0.25, -0.2) is 0 Å². The summed E-state index contributed by atoms with van der Waals surface area (Å²) in [6.45, 7) is 2.11. The molecule has 1 aliphatic heterocycles. The maximum absolute atomic E-state index is 5.99. The van der Waals surface area contributed by atoms with Gasteiger partial charge in [-0.15, -0.1) is 0 Å². The molecule has 2 aliphatic rings. The quantitative estimate of drug-likeness (QED) is 0.829. The van der Waals surface area contributed by atoms with Gasteiger partial charge in [0.2, 0.25) is 0 Å². The average Bonchev–Trinajstić information content (AvgIpc) is 2.89. The van der Waals surface area contributed by atoms with Crippen molar-refractivity contribution in [2.45, 2.75) is 19.8 Å². The van der Waals surface area contributed by atoms with Crippen molar-refractivity contribution < 1.29 is 9.47 Å². The first-order valence-electron chi connectivity index (χ1n) is 6.61. The van der Waals surface area contributed by atoms with Crippen molar-refractivity contribution in [1.82, 2.24) is 4.98 Å². The molecule has 1 unspecified atom stereocenters. The molecular weight excluding hydrogens is 238 g/mol. The fourth-order valence-electron chi connectivity index (χ4n) is 2.50. The van der Waals surface area contributed by atoms with Crippen LogP contribution in [0, 0.1) is 5.92 Å². The lowest BCUT2D eigenvalue weighted by Gasteiger charge is -2.14. The zero-order valence-corrected chi connectivity index (χ0v) is 11.2. The van der Waals surface area contributed by atoms with Crippen molar-refractivity contribution in [2.24, 2.45) is 5.92 Å². The number of allylic oxidation sites excluding steroid dienone is 3. The number of nitrogens with zero attached hydrogens (tertiary/aromatic N) is 1. The molecule has 0 N–H and O–H groups in total. The van der Waals surface area contributed by atoms with E-state index in [1.165, 1.54) is 0 Å². The van der Waals surface area contributed by atoms with E-state index in [1.54, 1.807) is 7.11 Å². The molecule has 0 fully saturated rings. The molecule has 0 radical (unpaired) electrons. The molecule has 0 saturated carbocycles. The highest BCUT2D eigenvalue weighted by molar-refractivity contribution is 5.66. The Hall–Kier alpha value is -2.03. The van der Waals surface area contributed by atoms with Gasteiger partial charge in [-0.05, 0) is 37.1 Å². The Morgan fingerprint density at radius 3 is 3.16 bits per heavy atom. The summed E-state index contributed by atoms with van der Waals surface area (Å²) in [6.07, 6.45) is 9.92. The van der Waals surface area contributed by atoms with Gasteiger partial charge in [-0.1, -0.05) is 6.92 Å². The van der Waals surface area contributed by atoms with Crippen LogP contribution in [0.4, 0.5) is 0 Å². The van der Waals surface area contributed by atoms with Crippen LogP contribution in [0.25, 0.3) is 5.76 Å². The number of pyridine rings is 1. The molecule has 1 atom stereocenters. The van der Waals surface area contributed by atoms with Gasteiger partial charge in [-0.3, -0.25) is 4.98 Å². The van der Waals surface area contributed by atoms with E-state index in [4.69, 9.17) is 9.47 Å². The van der Waals surface area contributed by atoms with Crippen molar-refractivity contribution in [3.8, 4) is 0 Å². The van der Waals surface area contributed by atoms with Crippen LogP contribution in [-0.4, -0.2) is 12.1 Å². The fourth-order valence-corrected chi connectivity index (χ4v) is 2.50. The van der Waals surface area contributed by atoms with E-state index in [0.29, 0.717) is 5.92 Å². The molecular formula is C16H17NO2. The molecule has 3 heteroatoms. The molecule has 0 bridgehead atoms.